The van der Waals surface area contributed by atoms with E-state index < -0.39 is 4.92 Å². The Labute approximate surface area is 137 Å². The van der Waals surface area contributed by atoms with Gasteiger partial charge in [-0.3, -0.25) is 19.6 Å². The molecule has 1 aromatic carbocycles. The summed E-state index contributed by atoms with van der Waals surface area (Å²) in [7, 11) is 1.38. The number of nitrogens with zero attached hydrogens (tertiary/aromatic N) is 3. The lowest BCUT2D eigenvalue weighted by atomic mass is 10.2. The molecule has 0 fully saturated rings. The number of non-ortho nitro benzene ring substituents is 1. The third-order valence-electron chi connectivity index (χ3n) is 3.26. The van der Waals surface area contributed by atoms with E-state index in [-0.39, 0.29) is 23.8 Å². The Morgan fingerprint density at radius 1 is 1.52 bits per heavy atom. The van der Waals surface area contributed by atoms with Gasteiger partial charge in [-0.1, -0.05) is 11.6 Å². The van der Waals surface area contributed by atoms with Crippen LogP contribution >= 0.6 is 11.6 Å². The van der Waals surface area contributed by atoms with Gasteiger partial charge in [0.25, 0.3) is 5.69 Å². The number of halogens is 1. The molecule has 0 saturated carbocycles. The Morgan fingerprint density at radius 3 is 2.83 bits per heavy atom. The van der Waals surface area contributed by atoms with Gasteiger partial charge in [0, 0.05) is 12.5 Å². The van der Waals surface area contributed by atoms with E-state index in [1.165, 1.54) is 31.5 Å². The monoisotopic (exact) mass is 338 g/mol. The largest absolute Gasteiger partial charge is 0.494 e. The van der Waals surface area contributed by atoms with Gasteiger partial charge in [-0.2, -0.15) is 5.10 Å². The fraction of sp³-hybridized carbons (Fsp3) is 0.286. The fourth-order valence-corrected chi connectivity index (χ4v) is 2.11. The molecule has 2 aromatic rings. The van der Waals surface area contributed by atoms with Crippen molar-refractivity contribution in [2.75, 3.05) is 12.4 Å². The Bertz CT molecular complexity index is 744. The Hall–Kier alpha value is -2.61. The van der Waals surface area contributed by atoms with Crippen molar-refractivity contribution >= 4 is 28.9 Å². The van der Waals surface area contributed by atoms with E-state index >= 15 is 0 Å². The summed E-state index contributed by atoms with van der Waals surface area (Å²) in [4.78, 5) is 22.2. The molecular formula is C14H15ClN4O4. The molecule has 8 nitrogen and oxygen atoms in total. The van der Waals surface area contributed by atoms with Gasteiger partial charge in [-0.25, -0.2) is 0 Å². The first-order valence-corrected chi connectivity index (χ1v) is 7.10. The predicted octanol–water partition coefficient (Wildman–Crippen LogP) is 2.79. The maximum absolute atomic E-state index is 12.0. The highest BCUT2D eigenvalue weighted by Gasteiger charge is 2.14. The van der Waals surface area contributed by atoms with Crippen molar-refractivity contribution in [3.05, 3.63) is 45.2 Å². The second-order valence-corrected chi connectivity index (χ2v) is 5.15. The second-order valence-electron chi connectivity index (χ2n) is 4.74. The lowest BCUT2D eigenvalue weighted by Gasteiger charge is -2.10. The maximum Gasteiger partial charge on any atom is 0.273 e. The lowest BCUT2D eigenvalue weighted by Crippen LogP contribution is -2.16. The minimum Gasteiger partial charge on any atom is -0.494 e. The molecule has 2 rings (SSSR count). The van der Waals surface area contributed by atoms with E-state index in [2.05, 4.69) is 10.4 Å². The normalized spacial score (nSPS) is 10.4. The first kappa shape index (κ1) is 16.8. The van der Waals surface area contributed by atoms with Gasteiger partial charge in [0.05, 0.1) is 47.2 Å². The van der Waals surface area contributed by atoms with Crippen LogP contribution in [0.1, 0.15) is 12.1 Å². The molecule has 122 valence electrons. The summed E-state index contributed by atoms with van der Waals surface area (Å²) in [5.74, 6) is -0.0333. The minimum atomic E-state index is -0.529. The zero-order chi connectivity index (χ0) is 17.0. The van der Waals surface area contributed by atoms with Crippen molar-refractivity contribution in [2.24, 2.45) is 0 Å². The van der Waals surface area contributed by atoms with E-state index in [9.17, 15) is 14.9 Å². The summed E-state index contributed by atoms with van der Waals surface area (Å²) < 4.78 is 6.70. The van der Waals surface area contributed by atoms with E-state index in [4.69, 9.17) is 16.3 Å². The van der Waals surface area contributed by atoms with Crippen LogP contribution in [0.5, 0.6) is 5.75 Å². The predicted molar refractivity (Wildman–Crippen MR) is 84.9 cm³/mol. The number of hydrogen-bond acceptors (Lipinski definition) is 5. The number of carbonyl (C=O) groups excluding carboxylic acids is 1. The number of aromatic nitrogens is 2. The number of rotatable bonds is 6. The van der Waals surface area contributed by atoms with Crippen molar-refractivity contribution in [2.45, 2.75) is 19.9 Å². The zero-order valence-corrected chi connectivity index (χ0v) is 13.3. The number of aryl methyl sites for hydroxylation is 1. The summed E-state index contributed by atoms with van der Waals surface area (Å²) >= 11 is 5.90. The molecule has 0 bridgehead atoms. The number of nitro benzene ring substituents is 1. The molecule has 0 aliphatic heterocycles. The van der Waals surface area contributed by atoms with Gasteiger partial charge in [-0.05, 0) is 13.0 Å². The van der Waals surface area contributed by atoms with E-state index in [1.807, 2.05) is 6.92 Å². The first-order chi connectivity index (χ1) is 10.9. The van der Waals surface area contributed by atoms with Crippen LogP contribution in [-0.2, 0) is 11.3 Å². The zero-order valence-electron chi connectivity index (χ0n) is 12.6. The van der Waals surface area contributed by atoms with Crippen molar-refractivity contribution in [3.8, 4) is 5.75 Å². The van der Waals surface area contributed by atoms with Crippen LogP contribution in [0.15, 0.2) is 24.4 Å². The maximum atomic E-state index is 12.0. The Balaban J connectivity index is 2.02. The number of ether oxygens (including phenoxy) is 1. The number of hydrogen-bond donors (Lipinski definition) is 1. The molecule has 9 heteroatoms. The highest BCUT2D eigenvalue weighted by molar-refractivity contribution is 6.31. The molecule has 1 N–H and O–H groups in total. The van der Waals surface area contributed by atoms with Crippen LogP contribution in [0.4, 0.5) is 11.4 Å². The van der Waals surface area contributed by atoms with Gasteiger partial charge in [-0.15, -0.1) is 0 Å². The summed E-state index contributed by atoms with van der Waals surface area (Å²) in [6, 6.07) is 3.99. The van der Waals surface area contributed by atoms with Gasteiger partial charge >= 0.3 is 0 Å². The lowest BCUT2D eigenvalue weighted by molar-refractivity contribution is -0.384. The number of amides is 1. The van der Waals surface area contributed by atoms with Crippen molar-refractivity contribution < 1.29 is 14.5 Å². The second kappa shape index (κ2) is 7.10. The highest BCUT2D eigenvalue weighted by Crippen LogP contribution is 2.29. The van der Waals surface area contributed by atoms with Crippen LogP contribution in [0.25, 0.3) is 0 Å². The minimum absolute atomic E-state index is 0.110. The summed E-state index contributed by atoms with van der Waals surface area (Å²) in [6.07, 6.45) is 1.70. The molecular weight excluding hydrogens is 324 g/mol. The van der Waals surface area contributed by atoms with Crippen LogP contribution in [0.2, 0.25) is 5.02 Å². The van der Waals surface area contributed by atoms with Gasteiger partial charge < -0.3 is 10.1 Å². The first-order valence-electron chi connectivity index (χ1n) is 6.72. The molecule has 0 radical (unpaired) electrons. The SMILES string of the molecule is COc1cc([N+](=O)[O-])ccc1NC(=O)CCn1ncc(Cl)c1C. The van der Waals surface area contributed by atoms with Crippen molar-refractivity contribution in [3.63, 3.8) is 0 Å². The molecule has 1 aromatic heterocycles. The summed E-state index contributed by atoms with van der Waals surface area (Å²) in [5.41, 5.74) is 1.05. The molecule has 0 unspecified atom stereocenters. The Kier molecular flexibility index (Phi) is 5.17. The number of methoxy groups -OCH3 is 1. The molecule has 0 spiro atoms. The Morgan fingerprint density at radius 2 is 2.26 bits per heavy atom. The van der Waals surface area contributed by atoms with Crippen LogP contribution in [0, 0.1) is 17.0 Å². The van der Waals surface area contributed by atoms with E-state index in [0.29, 0.717) is 17.3 Å². The van der Waals surface area contributed by atoms with Gasteiger partial charge in [0.15, 0.2) is 0 Å². The van der Waals surface area contributed by atoms with Crippen molar-refractivity contribution in [1.29, 1.82) is 0 Å². The average Bonchev–Trinajstić information content (AvgIpc) is 2.84. The van der Waals surface area contributed by atoms with Crippen LogP contribution < -0.4 is 10.1 Å². The number of carbonyl (C=O) groups is 1. The van der Waals surface area contributed by atoms with E-state index in [1.54, 1.807) is 4.68 Å². The number of nitrogens with one attached hydrogen (secondary N) is 1. The van der Waals surface area contributed by atoms with Crippen LogP contribution in [-0.4, -0.2) is 27.7 Å². The fourth-order valence-electron chi connectivity index (χ4n) is 1.97. The number of benzene rings is 1. The third-order valence-corrected chi connectivity index (χ3v) is 3.64. The number of anilines is 1. The van der Waals surface area contributed by atoms with Gasteiger partial charge in [0.2, 0.25) is 5.91 Å². The molecule has 1 amide bonds. The summed E-state index contributed by atoms with van der Waals surface area (Å²) in [6.45, 7) is 2.19. The highest BCUT2D eigenvalue weighted by atomic mass is 35.5. The molecule has 0 atom stereocenters. The quantitative estimate of drug-likeness (QED) is 0.645. The third kappa shape index (κ3) is 3.98. The average molecular weight is 339 g/mol. The van der Waals surface area contributed by atoms with Crippen molar-refractivity contribution in [1.82, 2.24) is 9.78 Å². The molecule has 0 aliphatic carbocycles. The van der Waals surface area contributed by atoms with E-state index in [0.717, 1.165) is 5.69 Å². The molecule has 0 saturated heterocycles. The summed E-state index contributed by atoms with van der Waals surface area (Å²) in [5, 5.41) is 18.0. The smallest absolute Gasteiger partial charge is 0.273 e. The standard InChI is InChI=1S/C14H15ClN4O4/c1-9-11(15)8-16-18(9)6-5-14(20)17-12-4-3-10(19(21)22)7-13(12)23-2/h3-4,7-8H,5-6H2,1-2H3,(H,17,20). The molecule has 0 aliphatic rings. The topological polar surface area (TPSA) is 99.3 Å². The van der Waals surface area contributed by atoms with Crippen LogP contribution in [0.3, 0.4) is 0 Å². The number of nitro groups is 1. The molecule has 23 heavy (non-hydrogen) atoms. The van der Waals surface area contributed by atoms with Gasteiger partial charge in [0.1, 0.15) is 5.75 Å². The molecule has 1 heterocycles.